The minimum Gasteiger partial charge on any atom is -0.356 e. The zero-order valence-corrected chi connectivity index (χ0v) is 12.5. The molecule has 0 fully saturated rings. The van der Waals surface area contributed by atoms with E-state index in [9.17, 15) is 9.59 Å². The average Bonchev–Trinajstić information content (AvgIpc) is 2.36. The molecule has 0 bridgehead atoms. The average molecular weight is 360 g/mol. The molecule has 0 saturated carbocycles. The maximum Gasteiger partial charge on any atom is 0.251 e. The zero-order valence-electron chi connectivity index (χ0n) is 10.3. The molecular formula is C13H17IN2O2. The molecule has 5 heteroatoms. The Labute approximate surface area is 121 Å². The summed E-state index contributed by atoms with van der Waals surface area (Å²) in [5.41, 5.74) is 0.621. The maximum atomic E-state index is 11.7. The number of rotatable bonds is 6. The predicted octanol–water partition coefficient (Wildman–Crippen LogP) is 1.94. The van der Waals surface area contributed by atoms with Crippen LogP contribution in [-0.2, 0) is 4.79 Å². The minimum atomic E-state index is -0.142. The molecule has 18 heavy (non-hydrogen) atoms. The summed E-state index contributed by atoms with van der Waals surface area (Å²) in [4.78, 5) is 23.1. The van der Waals surface area contributed by atoms with Gasteiger partial charge in [0.2, 0.25) is 5.91 Å². The molecule has 0 aliphatic heterocycles. The van der Waals surface area contributed by atoms with E-state index in [1.165, 1.54) is 0 Å². The van der Waals surface area contributed by atoms with Crippen molar-refractivity contribution in [2.24, 2.45) is 0 Å². The van der Waals surface area contributed by atoms with Gasteiger partial charge in [0.05, 0.1) is 0 Å². The summed E-state index contributed by atoms with van der Waals surface area (Å²) < 4.78 is 1.01. The van der Waals surface area contributed by atoms with E-state index in [1.54, 1.807) is 6.07 Å². The Morgan fingerprint density at radius 1 is 1.22 bits per heavy atom. The molecule has 2 N–H and O–H groups in total. The van der Waals surface area contributed by atoms with Gasteiger partial charge < -0.3 is 10.6 Å². The minimum absolute atomic E-state index is 0.0280. The summed E-state index contributed by atoms with van der Waals surface area (Å²) in [7, 11) is 0. The summed E-state index contributed by atoms with van der Waals surface area (Å²) in [6, 6.07) is 7.34. The lowest BCUT2D eigenvalue weighted by Crippen LogP contribution is -2.31. The van der Waals surface area contributed by atoms with Crippen LogP contribution in [0.15, 0.2) is 24.3 Å². The standard InChI is InChI=1S/C13H17IN2O2/c1-2-7-15-12(17)6-8-16-13(18)10-4-3-5-11(14)9-10/h3-5,9H,2,6-8H2,1H3,(H,15,17)(H,16,18). The zero-order chi connectivity index (χ0) is 13.4. The summed E-state index contributed by atoms with van der Waals surface area (Å²) >= 11 is 2.16. The highest BCUT2D eigenvalue weighted by Gasteiger charge is 2.06. The van der Waals surface area contributed by atoms with Gasteiger partial charge in [-0.3, -0.25) is 9.59 Å². The molecule has 0 atom stereocenters. The largest absolute Gasteiger partial charge is 0.356 e. The number of hydrogen-bond donors (Lipinski definition) is 2. The van der Waals surface area contributed by atoms with Crippen LogP contribution >= 0.6 is 22.6 Å². The first-order valence-electron chi connectivity index (χ1n) is 5.94. The molecule has 0 spiro atoms. The smallest absolute Gasteiger partial charge is 0.251 e. The normalized spacial score (nSPS) is 9.89. The molecule has 0 saturated heterocycles. The molecule has 4 nitrogen and oxygen atoms in total. The van der Waals surface area contributed by atoms with Crippen molar-refractivity contribution in [2.75, 3.05) is 13.1 Å². The monoisotopic (exact) mass is 360 g/mol. The van der Waals surface area contributed by atoms with Gasteiger partial charge in [-0.2, -0.15) is 0 Å². The second-order valence-electron chi connectivity index (χ2n) is 3.87. The van der Waals surface area contributed by atoms with Crippen LogP contribution in [0.3, 0.4) is 0 Å². The van der Waals surface area contributed by atoms with Crippen LogP contribution in [0.25, 0.3) is 0 Å². The van der Waals surface area contributed by atoms with Gasteiger partial charge in [-0.1, -0.05) is 13.0 Å². The van der Waals surface area contributed by atoms with Crippen LogP contribution in [-0.4, -0.2) is 24.9 Å². The van der Waals surface area contributed by atoms with Crippen LogP contribution in [0.1, 0.15) is 30.1 Å². The number of carbonyl (C=O) groups excluding carboxylic acids is 2. The number of halogens is 1. The molecule has 1 aromatic rings. The van der Waals surface area contributed by atoms with Gasteiger partial charge in [-0.15, -0.1) is 0 Å². The van der Waals surface area contributed by atoms with Gasteiger partial charge >= 0.3 is 0 Å². The highest BCUT2D eigenvalue weighted by Crippen LogP contribution is 2.07. The summed E-state index contributed by atoms with van der Waals surface area (Å²) in [5, 5.41) is 5.49. The third kappa shape index (κ3) is 5.48. The highest BCUT2D eigenvalue weighted by atomic mass is 127. The molecule has 0 heterocycles. The van der Waals surface area contributed by atoms with E-state index < -0.39 is 0 Å². The van der Waals surface area contributed by atoms with Crippen LogP contribution in [0, 0.1) is 3.57 Å². The Morgan fingerprint density at radius 2 is 2.00 bits per heavy atom. The number of carbonyl (C=O) groups is 2. The van der Waals surface area contributed by atoms with Crippen molar-refractivity contribution in [3.05, 3.63) is 33.4 Å². The molecule has 98 valence electrons. The molecule has 1 aromatic carbocycles. The second-order valence-corrected chi connectivity index (χ2v) is 5.11. The first kappa shape index (κ1) is 14.9. The van der Waals surface area contributed by atoms with Crippen molar-refractivity contribution in [2.45, 2.75) is 19.8 Å². The van der Waals surface area contributed by atoms with E-state index in [-0.39, 0.29) is 11.8 Å². The molecule has 0 unspecified atom stereocenters. The Bertz CT molecular complexity index is 421. The van der Waals surface area contributed by atoms with Gasteiger partial charge in [0.15, 0.2) is 0 Å². The second kappa shape index (κ2) is 8.07. The van der Waals surface area contributed by atoms with Crippen LogP contribution in [0.4, 0.5) is 0 Å². The van der Waals surface area contributed by atoms with Crippen molar-refractivity contribution >= 4 is 34.4 Å². The lowest BCUT2D eigenvalue weighted by Gasteiger charge is -2.06. The number of nitrogens with one attached hydrogen (secondary N) is 2. The summed E-state index contributed by atoms with van der Waals surface area (Å²) in [6.07, 6.45) is 1.23. The number of hydrogen-bond acceptors (Lipinski definition) is 2. The highest BCUT2D eigenvalue weighted by molar-refractivity contribution is 14.1. The van der Waals surface area contributed by atoms with Crippen molar-refractivity contribution in [3.63, 3.8) is 0 Å². The molecule has 1 rings (SSSR count). The number of benzene rings is 1. The Hall–Kier alpha value is -1.11. The molecule has 0 aliphatic rings. The first-order chi connectivity index (χ1) is 8.63. The van der Waals surface area contributed by atoms with Crippen molar-refractivity contribution in [3.8, 4) is 0 Å². The third-order valence-electron chi connectivity index (χ3n) is 2.30. The van der Waals surface area contributed by atoms with Gasteiger partial charge in [0, 0.05) is 28.6 Å². The fourth-order valence-corrected chi connectivity index (χ4v) is 1.92. The van der Waals surface area contributed by atoms with Gasteiger partial charge in [0.25, 0.3) is 5.91 Å². The maximum absolute atomic E-state index is 11.7. The van der Waals surface area contributed by atoms with Crippen molar-refractivity contribution in [1.29, 1.82) is 0 Å². The summed E-state index contributed by atoms with van der Waals surface area (Å²) in [5.74, 6) is -0.170. The molecule has 0 aromatic heterocycles. The third-order valence-corrected chi connectivity index (χ3v) is 2.97. The van der Waals surface area contributed by atoms with E-state index in [0.717, 1.165) is 9.99 Å². The van der Waals surface area contributed by atoms with Crippen LogP contribution in [0.5, 0.6) is 0 Å². The molecule has 2 amide bonds. The van der Waals surface area contributed by atoms with E-state index in [1.807, 2.05) is 25.1 Å². The molecule has 0 radical (unpaired) electrons. The Morgan fingerprint density at radius 3 is 2.67 bits per heavy atom. The lowest BCUT2D eigenvalue weighted by atomic mass is 10.2. The van der Waals surface area contributed by atoms with Gasteiger partial charge in [0.1, 0.15) is 0 Å². The fourth-order valence-electron chi connectivity index (χ4n) is 1.37. The SMILES string of the molecule is CCCNC(=O)CCNC(=O)c1cccc(I)c1. The van der Waals surface area contributed by atoms with E-state index in [4.69, 9.17) is 0 Å². The van der Waals surface area contributed by atoms with Gasteiger partial charge in [-0.25, -0.2) is 0 Å². The van der Waals surface area contributed by atoms with Crippen molar-refractivity contribution < 1.29 is 9.59 Å². The quantitative estimate of drug-likeness (QED) is 0.762. The lowest BCUT2D eigenvalue weighted by molar-refractivity contribution is -0.120. The van der Waals surface area contributed by atoms with Crippen molar-refractivity contribution in [1.82, 2.24) is 10.6 Å². The Kier molecular flexibility index (Phi) is 6.70. The molecule has 0 aliphatic carbocycles. The van der Waals surface area contributed by atoms with Crippen LogP contribution < -0.4 is 10.6 Å². The van der Waals surface area contributed by atoms with E-state index in [2.05, 4.69) is 33.2 Å². The topological polar surface area (TPSA) is 58.2 Å². The predicted molar refractivity (Wildman–Crippen MR) is 79.4 cm³/mol. The molecular weight excluding hydrogens is 343 g/mol. The number of amides is 2. The van der Waals surface area contributed by atoms with Crippen LogP contribution in [0.2, 0.25) is 0 Å². The van der Waals surface area contributed by atoms with E-state index >= 15 is 0 Å². The summed E-state index contributed by atoms with van der Waals surface area (Å²) in [6.45, 7) is 3.04. The Balaban J connectivity index is 2.31. The van der Waals surface area contributed by atoms with E-state index in [0.29, 0.717) is 25.1 Å². The first-order valence-corrected chi connectivity index (χ1v) is 7.02. The van der Waals surface area contributed by atoms with Gasteiger partial charge in [-0.05, 0) is 47.2 Å². The fraction of sp³-hybridized carbons (Fsp3) is 0.385.